The van der Waals surface area contributed by atoms with E-state index < -0.39 is 6.10 Å². The van der Waals surface area contributed by atoms with Crippen LogP contribution in [-0.2, 0) is 4.79 Å². The number of thioether (sulfide) groups is 1. The predicted molar refractivity (Wildman–Crippen MR) is 82.0 cm³/mol. The molecule has 0 bridgehead atoms. The highest BCUT2D eigenvalue weighted by Gasteiger charge is 2.14. The van der Waals surface area contributed by atoms with Crippen LogP contribution in [0.5, 0.6) is 0 Å². The van der Waals surface area contributed by atoms with Gasteiger partial charge in [0.15, 0.2) is 0 Å². The molecular formula is C13H17Cl2NO2S. The lowest BCUT2D eigenvalue weighted by Gasteiger charge is -2.14. The molecule has 0 radical (unpaired) electrons. The number of hydrogen-bond acceptors (Lipinski definition) is 3. The van der Waals surface area contributed by atoms with Gasteiger partial charge in [0.25, 0.3) is 0 Å². The summed E-state index contributed by atoms with van der Waals surface area (Å²) >= 11 is 13.4. The van der Waals surface area contributed by atoms with E-state index in [9.17, 15) is 9.90 Å². The molecule has 106 valence electrons. The highest BCUT2D eigenvalue weighted by atomic mass is 35.5. The first-order chi connectivity index (χ1) is 8.92. The number of benzene rings is 1. The Morgan fingerprint density at radius 2 is 1.95 bits per heavy atom. The van der Waals surface area contributed by atoms with E-state index in [4.69, 9.17) is 23.2 Å². The van der Waals surface area contributed by atoms with Crippen LogP contribution >= 0.6 is 35.0 Å². The number of carbonyl (C=O) groups excluding carboxylic acids is 1. The summed E-state index contributed by atoms with van der Waals surface area (Å²) < 4.78 is 0. The van der Waals surface area contributed by atoms with Crippen LogP contribution in [0.25, 0.3) is 0 Å². The Balaban J connectivity index is 2.54. The Hall–Kier alpha value is -0.420. The van der Waals surface area contributed by atoms with E-state index in [1.54, 1.807) is 30.0 Å². The Morgan fingerprint density at radius 3 is 2.47 bits per heavy atom. The fraction of sp³-hybridized carbons (Fsp3) is 0.462. The molecule has 0 aliphatic heterocycles. The molecule has 0 fully saturated rings. The van der Waals surface area contributed by atoms with Gasteiger partial charge in [-0.2, -0.15) is 11.8 Å². The Morgan fingerprint density at radius 1 is 1.37 bits per heavy atom. The molecule has 1 aromatic carbocycles. The lowest BCUT2D eigenvalue weighted by molar-refractivity contribution is -0.123. The number of amides is 1. The molecule has 6 heteroatoms. The van der Waals surface area contributed by atoms with Crippen molar-refractivity contribution < 1.29 is 9.90 Å². The Bertz CT molecular complexity index is 422. The molecule has 19 heavy (non-hydrogen) atoms. The van der Waals surface area contributed by atoms with Gasteiger partial charge >= 0.3 is 0 Å². The van der Waals surface area contributed by atoms with E-state index in [1.165, 1.54) is 0 Å². The summed E-state index contributed by atoms with van der Waals surface area (Å²) in [5.41, 5.74) is 0.547. The molecule has 1 aromatic rings. The number of aliphatic hydroxyl groups excluding tert-OH is 1. The minimum absolute atomic E-state index is 0.00221. The van der Waals surface area contributed by atoms with Crippen molar-refractivity contribution in [2.24, 2.45) is 0 Å². The van der Waals surface area contributed by atoms with E-state index in [2.05, 4.69) is 5.32 Å². The molecule has 0 aromatic heterocycles. The Labute approximate surface area is 127 Å². The van der Waals surface area contributed by atoms with Crippen molar-refractivity contribution in [3.8, 4) is 0 Å². The van der Waals surface area contributed by atoms with Crippen LogP contribution < -0.4 is 5.32 Å². The zero-order valence-corrected chi connectivity index (χ0v) is 13.1. The first-order valence-corrected chi connectivity index (χ1v) is 7.90. The SMILES string of the molecule is CS[C@@H](C)CNC(=O)C[C@H](O)c1cc(Cl)cc(Cl)c1. The third-order valence-corrected chi connectivity index (χ3v) is 4.05. The molecule has 2 N–H and O–H groups in total. The summed E-state index contributed by atoms with van der Waals surface area (Å²) in [5.74, 6) is -0.190. The molecule has 0 aliphatic rings. The molecule has 2 atom stereocenters. The maximum atomic E-state index is 11.7. The third kappa shape index (κ3) is 6.04. The van der Waals surface area contributed by atoms with E-state index in [1.807, 2.05) is 13.2 Å². The van der Waals surface area contributed by atoms with Crippen LogP contribution in [0.3, 0.4) is 0 Å². The van der Waals surface area contributed by atoms with Crippen molar-refractivity contribution in [3.63, 3.8) is 0 Å². The second-order valence-corrected chi connectivity index (χ2v) is 6.42. The van der Waals surface area contributed by atoms with Crippen molar-refractivity contribution in [2.45, 2.75) is 24.7 Å². The minimum atomic E-state index is -0.902. The topological polar surface area (TPSA) is 49.3 Å². The van der Waals surface area contributed by atoms with E-state index in [-0.39, 0.29) is 12.3 Å². The Kier molecular flexibility index (Phi) is 7.00. The van der Waals surface area contributed by atoms with Gasteiger partial charge in [0.2, 0.25) is 5.91 Å². The number of nitrogens with one attached hydrogen (secondary N) is 1. The minimum Gasteiger partial charge on any atom is -0.388 e. The number of rotatable bonds is 6. The van der Waals surface area contributed by atoms with Gasteiger partial charge in [-0.3, -0.25) is 4.79 Å². The van der Waals surface area contributed by atoms with Crippen molar-refractivity contribution in [2.75, 3.05) is 12.8 Å². The monoisotopic (exact) mass is 321 g/mol. The van der Waals surface area contributed by atoms with Gasteiger partial charge in [0.05, 0.1) is 12.5 Å². The molecule has 0 heterocycles. The summed E-state index contributed by atoms with van der Waals surface area (Å²) in [4.78, 5) is 11.7. The molecule has 0 saturated carbocycles. The van der Waals surface area contributed by atoms with Crippen LogP contribution in [0, 0.1) is 0 Å². The van der Waals surface area contributed by atoms with Crippen LogP contribution in [0.1, 0.15) is 25.0 Å². The fourth-order valence-electron chi connectivity index (χ4n) is 1.47. The second-order valence-electron chi connectivity index (χ2n) is 4.27. The van der Waals surface area contributed by atoms with Crippen molar-refractivity contribution >= 4 is 40.9 Å². The third-order valence-electron chi connectivity index (χ3n) is 2.64. The molecule has 0 spiro atoms. The number of hydrogen-bond donors (Lipinski definition) is 2. The standard InChI is InChI=1S/C13H17Cl2NO2S/c1-8(19-2)7-16-13(18)6-12(17)9-3-10(14)5-11(15)4-9/h3-5,8,12,17H,6-7H2,1-2H3,(H,16,18)/t8-,12-/m0/s1. The maximum Gasteiger partial charge on any atom is 0.222 e. The first kappa shape index (κ1) is 16.6. The highest BCUT2D eigenvalue weighted by Crippen LogP contribution is 2.25. The van der Waals surface area contributed by atoms with E-state index in [0.29, 0.717) is 27.4 Å². The van der Waals surface area contributed by atoms with E-state index in [0.717, 1.165) is 0 Å². The summed E-state index contributed by atoms with van der Waals surface area (Å²) in [6.45, 7) is 2.61. The lowest BCUT2D eigenvalue weighted by atomic mass is 10.1. The normalized spacial score (nSPS) is 13.9. The summed E-state index contributed by atoms with van der Waals surface area (Å²) in [6.07, 6.45) is 1.08. The first-order valence-electron chi connectivity index (χ1n) is 5.86. The van der Waals surface area contributed by atoms with Crippen LogP contribution in [0.15, 0.2) is 18.2 Å². The highest BCUT2D eigenvalue weighted by molar-refractivity contribution is 7.99. The van der Waals surface area contributed by atoms with Gasteiger partial charge in [-0.05, 0) is 30.0 Å². The molecule has 0 unspecified atom stereocenters. The van der Waals surface area contributed by atoms with Crippen LogP contribution in [0.4, 0.5) is 0 Å². The zero-order valence-electron chi connectivity index (χ0n) is 10.8. The molecular weight excluding hydrogens is 305 g/mol. The molecule has 0 aliphatic carbocycles. The average Bonchev–Trinajstić information content (AvgIpc) is 2.34. The van der Waals surface area contributed by atoms with E-state index >= 15 is 0 Å². The zero-order chi connectivity index (χ0) is 14.4. The maximum absolute atomic E-state index is 11.7. The van der Waals surface area contributed by atoms with Gasteiger partial charge in [0.1, 0.15) is 0 Å². The molecule has 1 amide bonds. The fourth-order valence-corrected chi connectivity index (χ4v) is 2.27. The van der Waals surface area contributed by atoms with Crippen LogP contribution in [0.2, 0.25) is 10.0 Å². The van der Waals surface area contributed by atoms with Gasteiger partial charge in [0, 0.05) is 21.8 Å². The molecule has 1 rings (SSSR count). The molecule has 0 saturated heterocycles. The lowest BCUT2D eigenvalue weighted by Crippen LogP contribution is -2.30. The van der Waals surface area contributed by atoms with Crippen molar-refractivity contribution in [3.05, 3.63) is 33.8 Å². The quantitative estimate of drug-likeness (QED) is 0.845. The number of aliphatic hydroxyl groups is 1. The van der Waals surface area contributed by atoms with Gasteiger partial charge in [-0.15, -0.1) is 0 Å². The van der Waals surface area contributed by atoms with Crippen molar-refractivity contribution in [1.82, 2.24) is 5.32 Å². The van der Waals surface area contributed by atoms with Crippen LogP contribution in [-0.4, -0.2) is 29.1 Å². The smallest absolute Gasteiger partial charge is 0.222 e. The summed E-state index contributed by atoms with van der Waals surface area (Å²) in [6, 6.07) is 4.80. The number of carbonyl (C=O) groups is 1. The largest absolute Gasteiger partial charge is 0.388 e. The van der Waals surface area contributed by atoms with Gasteiger partial charge in [-0.1, -0.05) is 30.1 Å². The molecule has 3 nitrogen and oxygen atoms in total. The van der Waals surface area contributed by atoms with Gasteiger partial charge < -0.3 is 10.4 Å². The summed E-state index contributed by atoms with van der Waals surface area (Å²) in [7, 11) is 0. The predicted octanol–water partition coefficient (Wildman–Crippen LogP) is 3.28. The average molecular weight is 322 g/mol. The number of halogens is 2. The van der Waals surface area contributed by atoms with Crippen molar-refractivity contribution in [1.29, 1.82) is 0 Å². The van der Waals surface area contributed by atoms with Gasteiger partial charge in [-0.25, -0.2) is 0 Å². The second kappa shape index (κ2) is 8.00. The summed E-state index contributed by atoms with van der Waals surface area (Å²) in [5, 5.41) is 14.0.